The number of nitrogens with zero attached hydrogens (tertiary/aromatic N) is 2. The second-order valence-corrected chi connectivity index (χ2v) is 9.36. The lowest BCUT2D eigenvalue weighted by atomic mass is 10.0. The van der Waals surface area contributed by atoms with Crippen LogP contribution >= 0.6 is 23.2 Å². The number of carbonyl (C=O) groups is 4. The fraction of sp³-hybridized carbons (Fsp3) is 0.192. The van der Waals surface area contributed by atoms with Crippen LogP contribution in [0, 0.1) is 0 Å². The number of hydrogen-bond acceptors (Lipinski definition) is 5. The van der Waals surface area contributed by atoms with Crippen molar-refractivity contribution in [3.63, 3.8) is 0 Å². The molecule has 10 nitrogen and oxygen atoms in total. The van der Waals surface area contributed by atoms with Crippen molar-refractivity contribution in [1.82, 2.24) is 20.4 Å². The Balaban J connectivity index is 1.40. The molecule has 1 atom stereocenters. The van der Waals surface area contributed by atoms with E-state index in [2.05, 4.69) is 32.7 Å². The maximum atomic E-state index is 13.1. The Bertz CT molecular complexity index is 1390. The van der Waals surface area contributed by atoms with Crippen LogP contribution in [0.15, 0.2) is 61.3 Å². The van der Waals surface area contributed by atoms with Gasteiger partial charge < -0.3 is 20.9 Å². The maximum Gasteiger partial charge on any atom is 0.271 e. The molecular formula is C26H24Cl2N6O4. The predicted molar refractivity (Wildman–Crippen MR) is 145 cm³/mol. The Morgan fingerprint density at radius 3 is 2.53 bits per heavy atom. The molecule has 2 aromatic carbocycles. The molecule has 0 bridgehead atoms. The van der Waals surface area contributed by atoms with Gasteiger partial charge in [-0.2, -0.15) is 5.10 Å². The fourth-order valence-corrected chi connectivity index (χ4v) is 4.67. The molecule has 0 radical (unpaired) electrons. The van der Waals surface area contributed by atoms with Gasteiger partial charge in [0.1, 0.15) is 5.69 Å². The molecule has 1 saturated heterocycles. The zero-order valence-electron chi connectivity index (χ0n) is 20.1. The summed E-state index contributed by atoms with van der Waals surface area (Å²) in [5.74, 6) is -1.67. The van der Waals surface area contributed by atoms with E-state index >= 15 is 0 Å². The van der Waals surface area contributed by atoms with Crippen LogP contribution in [0.3, 0.4) is 0 Å². The molecule has 2 heterocycles. The number of carbonyl (C=O) groups excluding carboxylic acids is 4. The summed E-state index contributed by atoms with van der Waals surface area (Å²) in [7, 11) is 0. The van der Waals surface area contributed by atoms with E-state index in [-0.39, 0.29) is 44.8 Å². The normalized spacial score (nSPS) is 14.9. The van der Waals surface area contributed by atoms with Crippen molar-refractivity contribution in [2.24, 2.45) is 0 Å². The lowest BCUT2D eigenvalue weighted by molar-refractivity contribution is -0.111. The van der Waals surface area contributed by atoms with Gasteiger partial charge in [-0.25, -0.2) is 0 Å². The third-order valence-electron chi connectivity index (χ3n) is 5.91. The zero-order valence-corrected chi connectivity index (χ0v) is 21.6. The van der Waals surface area contributed by atoms with Gasteiger partial charge in [-0.05, 0) is 49.2 Å². The van der Waals surface area contributed by atoms with Crippen LogP contribution < -0.4 is 16.0 Å². The van der Waals surface area contributed by atoms with Gasteiger partial charge in [0.15, 0.2) is 0 Å². The first-order valence-electron chi connectivity index (χ1n) is 11.7. The van der Waals surface area contributed by atoms with Crippen molar-refractivity contribution >= 4 is 58.2 Å². The SMILES string of the molecule is C=CC(=O)Nc1cccc(C(=O)N2CCCC(NC(=O)c3[nH]ncc3NC(=O)c3c(Cl)cccc3Cl)C2)c1. The Hall–Kier alpha value is -4.15. The van der Waals surface area contributed by atoms with E-state index in [0.717, 1.165) is 6.08 Å². The van der Waals surface area contributed by atoms with E-state index in [9.17, 15) is 19.2 Å². The van der Waals surface area contributed by atoms with Crippen LogP contribution in [0.4, 0.5) is 11.4 Å². The second kappa shape index (κ2) is 11.9. The monoisotopic (exact) mass is 554 g/mol. The number of aromatic amines is 1. The third kappa shape index (κ3) is 6.21. The van der Waals surface area contributed by atoms with Crippen LogP contribution in [-0.4, -0.2) is 57.9 Å². The van der Waals surface area contributed by atoms with Crippen molar-refractivity contribution in [3.8, 4) is 0 Å². The van der Waals surface area contributed by atoms with E-state index in [1.807, 2.05) is 0 Å². The minimum absolute atomic E-state index is 0.0515. The van der Waals surface area contributed by atoms with E-state index in [4.69, 9.17) is 23.2 Å². The highest BCUT2D eigenvalue weighted by Crippen LogP contribution is 2.26. The number of anilines is 2. The second-order valence-electron chi connectivity index (χ2n) is 8.55. The molecule has 4 amide bonds. The summed E-state index contributed by atoms with van der Waals surface area (Å²) in [4.78, 5) is 52.1. The first-order chi connectivity index (χ1) is 18.3. The molecule has 0 aliphatic carbocycles. The Kier molecular flexibility index (Phi) is 8.45. The van der Waals surface area contributed by atoms with Gasteiger partial charge in [0.05, 0.1) is 27.5 Å². The number of benzene rings is 2. The van der Waals surface area contributed by atoms with Gasteiger partial charge in [-0.1, -0.05) is 41.9 Å². The minimum Gasteiger partial charge on any atom is -0.346 e. The van der Waals surface area contributed by atoms with Gasteiger partial charge in [0.25, 0.3) is 17.7 Å². The lowest BCUT2D eigenvalue weighted by Gasteiger charge is -2.33. The van der Waals surface area contributed by atoms with Crippen molar-refractivity contribution in [1.29, 1.82) is 0 Å². The number of H-pyrrole nitrogens is 1. The van der Waals surface area contributed by atoms with E-state index in [0.29, 0.717) is 37.2 Å². The van der Waals surface area contributed by atoms with Crippen LogP contribution in [0.2, 0.25) is 10.0 Å². The highest BCUT2D eigenvalue weighted by molar-refractivity contribution is 6.40. The minimum atomic E-state index is -0.586. The molecule has 3 aromatic rings. The van der Waals surface area contributed by atoms with E-state index in [1.165, 1.54) is 18.3 Å². The first kappa shape index (κ1) is 26.9. The number of amides is 4. The van der Waals surface area contributed by atoms with E-state index in [1.54, 1.807) is 35.2 Å². The zero-order chi connectivity index (χ0) is 27.2. The number of piperidine rings is 1. The molecule has 196 valence electrons. The topological polar surface area (TPSA) is 136 Å². The molecule has 4 rings (SSSR count). The fourth-order valence-electron chi connectivity index (χ4n) is 4.10. The van der Waals surface area contributed by atoms with Gasteiger partial charge in [-0.15, -0.1) is 0 Å². The summed E-state index contributed by atoms with van der Waals surface area (Å²) in [6.07, 6.45) is 3.80. The van der Waals surface area contributed by atoms with Crippen molar-refractivity contribution in [2.45, 2.75) is 18.9 Å². The highest BCUT2D eigenvalue weighted by atomic mass is 35.5. The molecular weight excluding hydrogens is 531 g/mol. The highest BCUT2D eigenvalue weighted by Gasteiger charge is 2.27. The summed E-state index contributed by atoms with van der Waals surface area (Å²) >= 11 is 12.2. The average Bonchev–Trinajstić information content (AvgIpc) is 3.36. The quantitative estimate of drug-likeness (QED) is 0.325. The number of aromatic nitrogens is 2. The van der Waals surface area contributed by atoms with Crippen molar-refractivity contribution in [3.05, 3.63) is 88.2 Å². The molecule has 1 aromatic heterocycles. The van der Waals surface area contributed by atoms with Crippen LogP contribution in [0.5, 0.6) is 0 Å². The van der Waals surface area contributed by atoms with Gasteiger partial charge >= 0.3 is 0 Å². The summed E-state index contributed by atoms with van der Waals surface area (Å²) in [5.41, 5.74) is 1.18. The Morgan fingerprint density at radius 2 is 1.79 bits per heavy atom. The summed E-state index contributed by atoms with van der Waals surface area (Å²) < 4.78 is 0. The molecule has 38 heavy (non-hydrogen) atoms. The predicted octanol–water partition coefficient (Wildman–Crippen LogP) is 4.13. The smallest absolute Gasteiger partial charge is 0.271 e. The molecule has 1 aliphatic heterocycles. The van der Waals surface area contributed by atoms with Gasteiger partial charge in [-0.3, -0.25) is 24.3 Å². The molecule has 0 saturated carbocycles. The standard InChI is InChI=1S/C26H24Cl2N6O4/c1-2-21(35)30-16-7-3-6-15(12-16)26(38)34-11-5-8-17(14-34)31-25(37)23-20(13-29-33-23)32-24(36)22-18(27)9-4-10-19(22)28/h2-4,6-7,9-10,12-13,17H,1,5,8,11,14H2,(H,29,33)(H,30,35)(H,31,37)(H,32,36). The summed E-state index contributed by atoms with van der Waals surface area (Å²) in [6, 6.07) is 11.0. The lowest BCUT2D eigenvalue weighted by Crippen LogP contribution is -2.49. The molecule has 1 unspecified atom stereocenters. The number of halogens is 2. The summed E-state index contributed by atoms with van der Waals surface area (Å²) in [6.45, 7) is 4.24. The van der Waals surface area contributed by atoms with Crippen LogP contribution in [0.25, 0.3) is 0 Å². The number of hydrogen-bond donors (Lipinski definition) is 4. The first-order valence-corrected chi connectivity index (χ1v) is 12.4. The van der Waals surface area contributed by atoms with Crippen molar-refractivity contribution in [2.75, 3.05) is 23.7 Å². The number of rotatable bonds is 7. The molecule has 12 heteroatoms. The molecule has 0 spiro atoms. The average molecular weight is 555 g/mol. The summed E-state index contributed by atoms with van der Waals surface area (Å²) in [5, 5.41) is 15.0. The molecule has 1 fully saturated rings. The largest absolute Gasteiger partial charge is 0.346 e. The maximum absolute atomic E-state index is 13.1. The Labute approximate surface area is 228 Å². The number of likely N-dealkylation sites (tertiary alicyclic amines) is 1. The number of nitrogens with one attached hydrogen (secondary N) is 4. The van der Waals surface area contributed by atoms with Crippen molar-refractivity contribution < 1.29 is 19.2 Å². The van der Waals surface area contributed by atoms with Crippen LogP contribution in [-0.2, 0) is 4.79 Å². The molecule has 4 N–H and O–H groups in total. The van der Waals surface area contributed by atoms with E-state index < -0.39 is 11.8 Å². The molecule has 1 aliphatic rings. The Morgan fingerprint density at radius 1 is 1.05 bits per heavy atom. The van der Waals surface area contributed by atoms with Gasteiger partial charge in [0.2, 0.25) is 5.91 Å². The third-order valence-corrected chi connectivity index (χ3v) is 6.54. The van der Waals surface area contributed by atoms with Gasteiger partial charge in [0, 0.05) is 30.4 Å². The van der Waals surface area contributed by atoms with Crippen LogP contribution in [0.1, 0.15) is 44.0 Å².